The maximum atomic E-state index is 13.8. The lowest BCUT2D eigenvalue weighted by atomic mass is 10.0. The summed E-state index contributed by atoms with van der Waals surface area (Å²) < 4.78 is 18.7. The average Bonchev–Trinajstić information content (AvgIpc) is 2.37. The quantitative estimate of drug-likeness (QED) is 0.828. The molecule has 3 N–H and O–H groups in total. The fraction of sp³-hybridized carbons (Fsp3) is 0.500. The third kappa shape index (κ3) is 4.21. The molecule has 1 aromatic carbocycles. The SMILES string of the molecule is COc1ccc(C(=O)NC(CCN)C(C)C)c(F)c1. The van der Waals surface area contributed by atoms with Crippen LogP contribution in [0.2, 0.25) is 0 Å². The molecule has 0 saturated carbocycles. The molecule has 4 nitrogen and oxygen atoms in total. The number of hydrogen-bond acceptors (Lipinski definition) is 3. The van der Waals surface area contributed by atoms with Gasteiger partial charge < -0.3 is 15.8 Å². The number of methoxy groups -OCH3 is 1. The Morgan fingerprint density at radius 3 is 2.63 bits per heavy atom. The molecule has 0 bridgehead atoms. The molecule has 106 valence electrons. The van der Waals surface area contributed by atoms with Gasteiger partial charge in [-0.25, -0.2) is 4.39 Å². The van der Waals surface area contributed by atoms with Gasteiger partial charge in [0, 0.05) is 12.1 Å². The van der Waals surface area contributed by atoms with Crippen molar-refractivity contribution in [1.82, 2.24) is 5.32 Å². The molecule has 19 heavy (non-hydrogen) atoms. The summed E-state index contributed by atoms with van der Waals surface area (Å²) in [6.45, 7) is 4.46. The zero-order valence-corrected chi connectivity index (χ0v) is 11.6. The van der Waals surface area contributed by atoms with Crippen molar-refractivity contribution in [3.05, 3.63) is 29.6 Å². The fourth-order valence-corrected chi connectivity index (χ4v) is 1.80. The van der Waals surface area contributed by atoms with Crippen LogP contribution in [0.3, 0.4) is 0 Å². The van der Waals surface area contributed by atoms with E-state index in [4.69, 9.17) is 10.5 Å². The second-order valence-electron chi connectivity index (χ2n) is 4.75. The van der Waals surface area contributed by atoms with Gasteiger partial charge in [0.15, 0.2) is 0 Å². The van der Waals surface area contributed by atoms with E-state index in [0.29, 0.717) is 18.7 Å². The minimum atomic E-state index is -0.591. The monoisotopic (exact) mass is 268 g/mol. The summed E-state index contributed by atoms with van der Waals surface area (Å²) in [4.78, 5) is 12.0. The van der Waals surface area contributed by atoms with Crippen LogP contribution >= 0.6 is 0 Å². The number of benzene rings is 1. The molecule has 0 aliphatic rings. The van der Waals surface area contributed by atoms with Crippen LogP contribution in [0.4, 0.5) is 4.39 Å². The molecule has 1 rings (SSSR count). The number of ether oxygens (including phenoxy) is 1. The first kappa shape index (κ1) is 15.4. The Kier molecular flexibility index (Phi) is 5.76. The molecule has 0 spiro atoms. The van der Waals surface area contributed by atoms with Crippen molar-refractivity contribution in [1.29, 1.82) is 0 Å². The lowest BCUT2D eigenvalue weighted by Crippen LogP contribution is -2.40. The van der Waals surface area contributed by atoms with Gasteiger partial charge in [0.05, 0.1) is 12.7 Å². The number of nitrogens with one attached hydrogen (secondary N) is 1. The van der Waals surface area contributed by atoms with Crippen LogP contribution < -0.4 is 15.8 Å². The third-order valence-electron chi connectivity index (χ3n) is 3.02. The van der Waals surface area contributed by atoms with Crippen LogP contribution in [0.5, 0.6) is 5.75 Å². The number of carbonyl (C=O) groups is 1. The summed E-state index contributed by atoms with van der Waals surface area (Å²) in [5, 5.41) is 2.81. The number of amides is 1. The lowest BCUT2D eigenvalue weighted by molar-refractivity contribution is 0.0920. The van der Waals surface area contributed by atoms with Gasteiger partial charge in [0.2, 0.25) is 0 Å². The Balaban J connectivity index is 2.82. The predicted molar refractivity (Wildman–Crippen MR) is 72.7 cm³/mol. The summed E-state index contributed by atoms with van der Waals surface area (Å²) in [5.41, 5.74) is 5.52. The van der Waals surface area contributed by atoms with Crippen molar-refractivity contribution in [2.45, 2.75) is 26.3 Å². The van der Waals surface area contributed by atoms with Gasteiger partial charge in [-0.15, -0.1) is 0 Å². The van der Waals surface area contributed by atoms with Gasteiger partial charge in [0.25, 0.3) is 5.91 Å². The fourth-order valence-electron chi connectivity index (χ4n) is 1.80. The van der Waals surface area contributed by atoms with E-state index >= 15 is 0 Å². The highest BCUT2D eigenvalue weighted by atomic mass is 19.1. The van der Waals surface area contributed by atoms with E-state index in [1.807, 2.05) is 13.8 Å². The molecule has 0 radical (unpaired) electrons. The van der Waals surface area contributed by atoms with Crippen molar-refractivity contribution in [2.24, 2.45) is 11.7 Å². The molecular formula is C14H21FN2O2. The summed E-state index contributed by atoms with van der Waals surface area (Å²) in [5.74, 6) is -0.385. The molecule has 0 heterocycles. The third-order valence-corrected chi connectivity index (χ3v) is 3.02. The van der Waals surface area contributed by atoms with E-state index in [2.05, 4.69) is 5.32 Å². The van der Waals surface area contributed by atoms with Crippen LogP contribution in [-0.4, -0.2) is 25.6 Å². The van der Waals surface area contributed by atoms with Gasteiger partial charge in [-0.3, -0.25) is 4.79 Å². The zero-order chi connectivity index (χ0) is 14.4. The van der Waals surface area contributed by atoms with Crippen LogP contribution in [0.15, 0.2) is 18.2 Å². The van der Waals surface area contributed by atoms with Gasteiger partial charge in [-0.1, -0.05) is 13.8 Å². The van der Waals surface area contributed by atoms with E-state index in [1.54, 1.807) is 6.07 Å². The minimum Gasteiger partial charge on any atom is -0.497 e. The van der Waals surface area contributed by atoms with Gasteiger partial charge >= 0.3 is 0 Å². The summed E-state index contributed by atoms with van der Waals surface area (Å²) in [7, 11) is 1.45. The molecule has 0 saturated heterocycles. The number of hydrogen-bond donors (Lipinski definition) is 2. The minimum absolute atomic E-state index is 0.0171. The Labute approximate surface area is 113 Å². The molecule has 1 amide bonds. The second-order valence-corrected chi connectivity index (χ2v) is 4.75. The van der Waals surface area contributed by atoms with Gasteiger partial charge in [-0.2, -0.15) is 0 Å². The Morgan fingerprint density at radius 2 is 2.16 bits per heavy atom. The number of carbonyl (C=O) groups excluding carboxylic acids is 1. The highest BCUT2D eigenvalue weighted by molar-refractivity contribution is 5.94. The van der Waals surface area contributed by atoms with Gasteiger partial charge in [0.1, 0.15) is 11.6 Å². The van der Waals surface area contributed by atoms with Gasteiger partial charge in [-0.05, 0) is 31.0 Å². The van der Waals surface area contributed by atoms with Crippen molar-refractivity contribution in [3.63, 3.8) is 0 Å². The number of halogens is 1. The first-order chi connectivity index (χ1) is 8.99. The molecule has 0 aliphatic carbocycles. The van der Waals surface area contributed by atoms with Crippen molar-refractivity contribution in [3.8, 4) is 5.75 Å². The van der Waals surface area contributed by atoms with Crippen LogP contribution in [0.25, 0.3) is 0 Å². The van der Waals surface area contributed by atoms with Crippen LogP contribution in [0.1, 0.15) is 30.6 Å². The average molecular weight is 268 g/mol. The molecular weight excluding hydrogens is 247 g/mol. The predicted octanol–water partition coefficient (Wildman–Crippen LogP) is 1.94. The molecule has 0 aliphatic heterocycles. The van der Waals surface area contributed by atoms with E-state index in [1.165, 1.54) is 19.2 Å². The van der Waals surface area contributed by atoms with Crippen molar-refractivity contribution in [2.75, 3.05) is 13.7 Å². The molecule has 1 aromatic rings. The summed E-state index contributed by atoms with van der Waals surface area (Å²) in [6.07, 6.45) is 0.668. The van der Waals surface area contributed by atoms with E-state index in [-0.39, 0.29) is 17.5 Å². The first-order valence-corrected chi connectivity index (χ1v) is 6.34. The van der Waals surface area contributed by atoms with Crippen molar-refractivity contribution >= 4 is 5.91 Å². The van der Waals surface area contributed by atoms with E-state index in [0.717, 1.165) is 0 Å². The van der Waals surface area contributed by atoms with E-state index in [9.17, 15) is 9.18 Å². The normalized spacial score (nSPS) is 12.3. The highest BCUT2D eigenvalue weighted by Gasteiger charge is 2.19. The summed E-state index contributed by atoms with van der Waals surface area (Å²) in [6, 6.07) is 4.12. The topological polar surface area (TPSA) is 64.3 Å². The Bertz CT molecular complexity index is 435. The standard InChI is InChI=1S/C14H21FN2O2/c1-9(2)13(6-7-16)17-14(18)11-5-4-10(19-3)8-12(11)15/h4-5,8-9,13H,6-7,16H2,1-3H3,(H,17,18). The zero-order valence-electron chi connectivity index (χ0n) is 11.6. The molecule has 5 heteroatoms. The molecule has 0 aromatic heterocycles. The molecule has 1 unspecified atom stereocenters. The van der Waals surface area contributed by atoms with Crippen LogP contribution in [-0.2, 0) is 0 Å². The van der Waals surface area contributed by atoms with Crippen molar-refractivity contribution < 1.29 is 13.9 Å². The maximum Gasteiger partial charge on any atom is 0.254 e. The maximum absolute atomic E-state index is 13.8. The number of rotatable bonds is 6. The summed E-state index contributed by atoms with van der Waals surface area (Å²) >= 11 is 0. The Hall–Kier alpha value is -1.62. The Morgan fingerprint density at radius 1 is 1.47 bits per heavy atom. The number of nitrogens with two attached hydrogens (primary N) is 1. The lowest BCUT2D eigenvalue weighted by Gasteiger charge is -2.22. The molecule has 0 fully saturated rings. The largest absolute Gasteiger partial charge is 0.497 e. The smallest absolute Gasteiger partial charge is 0.254 e. The highest BCUT2D eigenvalue weighted by Crippen LogP contribution is 2.17. The van der Waals surface area contributed by atoms with E-state index < -0.39 is 11.7 Å². The molecule has 1 atom stereocenters. The first-order valence-electron chi connectivity index (χ1n) is 6.34. The second kappa shape index (κ2) is 7.09. The van der Waals surface area contributed by atoms with Crippen LogP contribution in [0, 0.1) is 11.7 Å².